The van der Waals surface area contributed by atoms with Gasteiger partial charge in [0.15, 0.2) is 5.78 Å². The maximum Gasteiger partial charge on any atom is 0.273 e. The Morgan fingerprint density at radius 3 is 2.61 bits per heavy atom. The lowest BCUT2D eigenvalue weighted by molar-refractivity contribution is -0.385. The van der Waals surface area contributed by atoms with Crippen LogP contribution in [0.5, 0.6) is 0 Å². The van der Waals surface area contributed by atoms with Gasteiger partial charge in [-0.15, -0.1) is 0 Å². The lowest BCUT2D eigenvalue weighted by Crippen LogP contribution is -2.40. The molecule has 1 heterocycles. The van der Waals surface area contributed by atoms with Gasteiger partial charge in [0.25, 0.3) is 5.69 Å². The molecule has 6 nitrogen and oxygen atoms in total. The van der Waals surface area contributed by atoms with Crippen LogP contribution >= 0.6 is 0 Å². The summed E-state index contributed by atoms with van der Waals surface area (Å²) in [4.78, 5) is 35.5. The van der Waals surface area contributed by atoms with Gasteiger partial charge in [0.05, 0.1) is 4.92 Å². The third kappa shape index (κ3) is 2.76. The van der Waals surface area contributed by atoms with Crippen LogP contribution < -0.4 is 5.32 Å². The fraction of sp³-hybridized carbons (Fsp3) is 0.412. The van der Waals surface area contributed by atoms with Crippen molar-refractivity contribution in [1.29, 1.82) is 0 Å². The van der Waals surface area contributed by atoms with Crippen molar-refractivity contribution in [1.82, 2.24) is 5.32 Å². The number of ketones is 1. The zero-order chi connectivity index (χ0) is 16.8. The number of nitro groups is 1. The van der Waals surface area contributed by atoms with Crippen LogP contribution in [0.4, 0.5) is 5.69 Å². The Bertz CT molecular complexity index is 749. The summed E-state index contributed by atoms with van der Waals surface area (Å²) in [6.45, 7) is 3.96. The van der Waals surface area contributed by atoms with E-state index < -0.39 is 10.8 Å². The molecule has 3 rings (SSSR count). The van der Waals surface area contributed by atoms with Crippen LogP contribution in [0.15, 0.2) is 35.5 Å². The molecule has 0 saturated heterocycles. The molecular formula is C17H18N2O4. The minimum absolute atomic E-state index is 0.0283. The van der Waals surface area contributed by atoms with Gasteiger partial charge in [-0.25, -0.2) is 0 Å². The molecular weight excluding hydrogens is 296 g/mol. The summed E-state index contributed by atoms with van der Waals surface area (Å²) >= 11 is 0. The smallest absolute Gasteiger partial charge is 0.273 e. The molecule has 1 amide bonds. The van der Waals surface area contributed by atoms with E-state index in [2.05, 4.69) is 5.32 Å². The zero-order valence-electron chi connectivity index (χ0n) is 13.1. The van der Waals surface area contributed by atoms with Crippen molar-refractivity contribution >= 4 is 17.4 Å². The monoisotopic (exact) mass is 314 g/mol. The number of rotatable bonds is 2. The van der Waals surface area contributed by atoms with Crippen LogP contribution in [0, 0.1) is 15.5 Å². The molecule has 0 aromatic heterocycles. The van der Waals surface area contributed by atoms with Crippen molar-refractivity contribution in [3.8, 4) is 0 Å². The van der Waals surface area contributed by atoms with Gasteiger partial charge in [0, 0.05) is 41.7 Å². The van der Waals surface area contributed by atoms with Gasteiger partial charge in [-0.3, -0.25) is 19.7 Å². The lowest BCUT2D eigenvalue weighted by Gasteiger charge is -2.37. The third-order valence-corrected chi connectivity index (χ3v) is 4.46. The summed E-state index contributed by atoms with van der Waals surface area (Å²) in [6, 6.07) is 6.34. The van der Waals surface area contributed by atoms with Gasteiger partial charge in [-0.2, -0.15) is 0 Å². The number of hydrogen-bond acceptors (Lipinski definition) is 4. The SMILES string of the molecule is CC1(C)CC(=O)C2=C(C1)NC(=O)C[C@H]2c1ccccc1[N+](=O)[O-]. The van der Waals surface area contributed by atoms with Crippen LogP contribution in [0.25, 0.3) is 0 Å². The average Bonchev–Trinajstić information content (AvgIpc) is 2.44. The topological polar surface area (TPSA) is 89.3 Å². The molecule has 23 heavy (non-hydrogen) atoms. The molecule has 1 aromatic carbocycles. The number of nitrogens with zero attached hydrogens (tertiary/aromatic N) is 1. The van der Waals surface area contributed by atoms with Gasteiger partial charge in [-0.05, 0) is 11.8 Å². The first-order valence-corrected chi connectivity index (χ1v) is 7.58. The lowest BCUT2D eigenvalue weighted by atomic mass is 9.69. The van der Waals surface area contributed by atoms with Crippen molar-refractivity contribution in [2.45, 2.75) is 39.0 Å². The number of nitro benzene ring substituents is 1. The summed E-state index contributed by atoms with van der Waals surface area (Å²) in [6.07, 6.45) is 1.05. The summed E-state index contributed by atoms with van der Waals surface area (Å²) < 4.78 is 0. The van der Waals surface area contributed by atoms with Crippen molar-refractivity contribution in [2.75, 3.05) is 0 Å². The number of carbonyl (C=O) groups excluding carboxylic acids is 2. The minimum Gasteiger partial charge on any atom is -0.329 e. The molecule has 1 aliphatic carbocycles. The van der Waals surface area contributed by atoms with E-state index in [9.17, 15) is 19.7 Å². The number of nitrogens with one attached hydrogen (secondary N) is 1. The number of benzene rings is 1. The van der Waals surface area contributed by atoms with E-state index in [1.165, 1.54) is 6.07 Å². The van der Waals surface area contributed by atoms with Gasteiger partial charge >= 0.3 is 0 Å². The first kappa shape index (κ1) is 15.4. The van der Waals surface area contributed by atoms with Gasteiger partial charge in [0.1, 0.15) is 0 Å². The number of para-hydroxylation sites is 1. The van der Waals surface area contributed by atoms with Gasteiger partial charge in [-0.1, -0.05) is 32.0 Å². The largest absolute Gasteiger partial charge is 0.329 e. The fourth-order valence-electron chi connectivity index (χ4n) is 3.57. The third-order valence-electron chi connectivity index (χ3n) is 4.46. The van der Waals surface area contributed by atoms with Gasteiger partial charge < -0.3 is 5.32 Å². The van der Waals surface area contributed by atoms with Crippen molar-refractivity contribution in [3.63, 3.8) is 0 Å². The van der Waals surface area contributed by atoms with Crippen molar-refractivity contribution in [3.05, 3.63) is 51.2 Å². The van der Waals surface area contributed by atoms with Crippen LogP contribution in [0.1, 0.15) is 44.6 Å². The van der Waals surface area contributed by atoms with Crippen LogP contribution in [0.2, 0.25) is 0 Å². The maximum absolute atomic E-state index is 12.6. The summed E-state index contributed by atoms with van der Waals surface area (Å²) in [5.74, 6) is -0.763. The highest BCUT2D eigenvalue weighted by atomic mass is 16.6. The van der Waals surface area contributed by atoms with Crippen LogP contribution in [-0.2, 0) is 9.59 Å². The molecule has 0 radical (unpaired) electrons. The number of Topliss-reactive ketones (excluding diaryl/α,β-unsaturated/α-hetero) is 1. The van der Waals surface area contributed by atoms with E-state index in [1.807, 2.05) is 13.8 Å². The quantitative estimate of drug-likeness (QED) is 0.671. The molecule has 1 atom stereocenters. The second-order valence-electron chi connectivity index (χ2n) is 6.95. The predicted octanol–water partition coefficient (Wildman–Crippen LogP) is 2.84. The normalized spacial score (nSPS) is 23.3. The fourth-order valence-corrected chi connectivity index (χ4v) is 3.57. The first-order valence-electron chi connectivity index (χ1n) is 7.58. The molecule has 6 heteroatoms. The second kappa shape index (κ2) is 5.30. The highest BCUT2D eigenvalue weighted by Gasteiger charge is 2.42. The number of allylic oxidation sites excluding steroid dienone is 2. The van der Waals surface area contributed by atoms with E-state index in [0.29, 0.717) is 29.7 Å². The van der Waals surface area contributed by atoms with E-state index in [1.54, 1.807) is 18.2 Å². The van der Waals surface area contributed by atoms with E-state index >= 15 is 0 Å². The number of hydrogen-bond donors (Lipinski definition) is 1. The Labute approximate surface area is 133 Å². The van der Waals surface area contributed by atoms with Crippen molar-refractivity contribution in [2.24, 2.45) is 5.41 Å². The molecule has 0 saturated carbocycles. The Morgan fingerprint density at radius 1 is 1.22 bits per heavy atom. The number of carbonyl (C=O) groups is 2. The van der Waals surface area contributed by atoms with E-state index in [4.69, 9.17) is 0 Å². The molecule has 0 spiro atoms. The summed E-state index contributed by atoms with van der Waals surface area (Å²) in [5, 5.41) is 14.1. The zero-order valence-corrected chi connectivity index (χ0v) is 13.1. The highest BCUT2D eigenvalue weighted by Crippen LogP contribution is 2.45. The highest BCUT2D eigenvalue weighted by molar-refractivity contribution is 6.02. The van der Waals surface area contributed by atoms with Crippen LogP contribution in [0.3, 0.4) is 0 Å². The molecule has 120 valence electrons. The molecule has 2 aliphatic rings. The maximum atomic E-state index is 12.6. The molecule has 1 aliphatic heterocycles. The Balaban J connectivity index is 2.14. The molecule has 0 bridgehead atoms. The number of amides is 1. The average molecular weight is 314 g/mol. The summed E-state index contributed by atoms with van der Waals surface area (Å²) in [7, 11) is 0. The molecule has 0 unspecified atom stereocenters. The molecule has 0 fully saturated rings. The standard InChI is InChI=1S/C17H18N2O4/c1-17(2)8-12-16(14(20)9-17)11(7-15(21)18-12)10-5-3-4-6-13(10)19(22)23/h3-6,11H,7-9H2,1-2H3,(H,18,21)/t11-/m0/s1. The molecule has 1 aromatic rings. The van der Waals surface area contributed by atoms with E-state index in [0.717, 1.165) is 0 Å². The second-order valence-corrected chi connectivity index (χ2v) is 6.95. The van der Waals surface area contributed by atoms with Crippen molar-refractivity contribution < 1.29 is 14.5 Å². The summed E-state index contributed by atoms with van der Waals surface area (Å²) in [5.41, 5.74) is 1.35. The minimum atomic E-state index is -0.538. The predicted molar refractivity (Wildman–Crippen MR) is 83.6 cm³/mol. The Hall–Kier alpha value is -2.50. The van der Waals surface area contributed by atoms with Crippen LogP contribution in [-0.4, -0.2) is 16.6 Å². The van der Waals surface area contributed by atoms with E-state index in [-0.39, 0.29) is 29.2 Å². The first-order chi connectivity index (χ1) is 10.8. The Morgan fingerprint density at radius 2 is 1.91 bits per heavy atom. The van der Waals surface area contributed by atoms with Gasteiger partial charge in [0.2, 0.25) is 5.91 Å². The molecule has 1 N–H and O–H groups in total. The Kier molecular flexibility index (Phi) is 3.55.